The van der Waals surface area contributed by atoms with Gasteiger partial charge >= 0.3 is 0 Å². The molecule has 0 bridgehead atoms. The molecule has 2 aliphatic rings. The molecule has 5 nitrogen and oxygen atoms in total. The Morgan fingerprint density at radius 3 is 2.95 bits per heavy atom. The van der Waals surface area contributed by atoms with Gasteiger partial charge in [0.2, 0.25) is 0 Å². The molecule has 118 valence electrons. The van der Waals surface area contributed by atoms with Crippen molar-refractivity contribution in [1.29, 1.82) is 0 Å². The molecule has 2 saturated heterocycles. The van der Waals surface area contributed by atoms with E-state index in [9.17, 15) is 9.90 Å². The Kier molecular flexibility index (Phi) is 3.47. The summed E-state index contributed by atoms with van der Waals surface area (Å²) in [6, 6.07) is 3.72. The summed E-state index contributed by atoms with van der Waals surface area (Å²) in [5.41, 5.74) is 0.554. The van der Waals surface area contributed by atoms with Crippen molar-refractivity contribution in [1.82, 2.24) is 4.90 Å². The number of thiophene rings is 1. The molecule has 0 aromatic carbocycles. The number of aliphatic hydroxyl groups is 1. The van der Waals surface area contributed by atoms with Crippen molar-refractivity contribution in [3.63, 3.8) is 0 Å². The number of likely N-dealkylation sites (tertiary alicyclic amines) is 1. The summed E-state index contributed by atoms with van der Waals surface area (Å²) in [5.74, 6) is 0.0719. The molecule has 2 aromatic rings. The van der Waals surface area contributed by atoms with Gasteiger partial charge in [0.25, 0.3) is 5.91 Å². The van der Waals surface area contributed by atoms with Gasteiger partial charge in [-0.1, -0.05) is 0 Å². The van der Waals surface area contributed by atoms with Crippen LogP contribution >= 0.6 is 11.3 Å². The maximum absolute atomic E-state index is 12.6. The number of hydrogen-bond acceptors (Lipinski definition) is 5. The molecule has 1 unspecified atom stereocenters. The summed E-state index contributed by atoms with van der Waals surface area (Å²) in [4.78, 5) is 15.2. The number of hydrogen-bond donors (Lipinski definition) is 1. The van der Waals surface area contributed by atoms with Crippen LogP contribution in [0.25, 0.3) is 10.3 Å². The van der Waals surface area contributed by atoms with Crippen molar-refractivity contribution in [3.8, 4) is 0 Å². The predicted octanol–water partition coefficient (Wildman–Crippen LogP) is 2.64. The maximum Gasteiger partial charge on any atom is 0.264 e. The smallest absolute Gasteiger partial charge is 0.264 e. The Morgan fingerprint density at radius 2 is 2.23 bits per heavy atom. The number of carbonyl (C=O) groups is 1. The largest absolute Gasteiger partial charge is 0.463 e. The van der Waals surface area contributed by atoms with Gasteiger partial charge in [0.05, 0.1) is 27.5 Å². The van der Waals surface area contributed by atoms with E-state index in [1.54, 1.807) is 6.26 Å². The van der Waals surface area contributed by atoms with Crippen LogP contribution in [0.3, 0.4) is 0 Å². The highest BCUT2D eigenvalue weighted by Gasteiger charge is 2.41. The van der Waals surface area contributed by atoms with Gasteiger partial charge in [-0.3, -0.25) is 4.79 Å². The summed E-state index contributed by atoms with van der Waals surface area (Å²) >= 11 is 1.48. The molecule has 4 heterocycles. The molecule has 1 spiro atoms. The first kappa shape index (κ1) is 14.2. The maximum atomic E-state index is 12.6. The fraction of sp³-hybridized carbons (Fsp3) is 0.562. The topological polar surface area (TPSA) is 62.9 Å². The Balaban J connectivity index is 1.44. The Hall–Kier alpha value is -1.37. The van der Waals surface area contributed by atoms with Crippen LogP contribution in [0.5, 0.6) is 0 Å². The quantitative estimate of drug-likeness (QED) is 0.877. The van der Waals surface area contributed by atoms with Gasteiger partial charge in [-0.15, -0.1) is 11.3 Å². The summed E-state index contributed by atoms with van der Waals surface area (Å²) in [6.45, 7) is 1.99. The van der Waals surface area contributed by atoms with Gasteiger partial charge in [0.15, 0.2) is 0 Å². The van der Waals surface area contributed by atoms with Crippen LogP contribution in [0.2, 0.25) is 0 Å². The van der Waals surface area contributed by atoms with Crippen LogP contribution < -0.4 is 0 Å². The molecule has 0 saturated carbocycles. The Labute approximate surface area is 132 Å². The third kappa shape index (κ3) is 2.45. The molecule has 4 rings (SSSR count). The fourth-order valence-corrected chi connectivity index (χ4v) is 4.45. The lowest BCUT2D eigenvalue weighted by molar-refractivity contribution is -0.139. The van der Waals surface area contributed by atoms with Crippen molar-refractivity contribution in [2.45, 2.75) is 37.4 Å². The molecule has 2 aromatic heterocycles. The van der Waals surface area contributed by atoms with E-state index in [-0.39, 0.29) is 17.6 Å². The molecule has 22 heavy (non-hydrogen) atoms. The first-order valence-electron chi connectivity index (χ1n) is 7.74. The number of fused-ring (bicyclic) bond motifs is 1. The molecular weight excluding hydrogens is 302 g/mol. The van der Waals surface area contributed by atoms with Gasteiger partial charge in [0, 0.05) is 32.2 Å². The lowest BCUT2D eigenvalue weighted by Gasteiger charge is -2.45. The molecule has 1 amide bonds. The van der Waals surface area contributed by atoms with Crippen LogP contribution in [-0.4, -0.2) is 47.3 Å². The normalized spacial score (nSPS) is 25.0. The third-order valence-corrected chi connectivity index (χ3v) is 5.85. The van der Waals surface area contributed by atoms with Crippen LogP contribution in [0, 0.1) is 0 Å². The molecule has 6 heteroatoms. The van der Waals surface area contributed by atoms with E-state index in [0.29, 0.717) is 26.1 Å². The van der Waals surface area contributed by atoms with Gasteiger partial charge in [-0.25, -0.2) is 0 Å². The van der Waals surface area contributed by atoms with Crippen LogP contribution in [0.4, 0.5) is 0 Å². The van der Waals surface area contributed by atoms with Gasteiger partial charge in [0.1, 0.15) is 5.58 Å². The van der Waals surface area contributed by atoms with Crippen LogP contribution in [0.1, 0.15) is 35.4 Å². The van der Waals surface area contributed by atoms with E-state index in [2.05, 4.69) is 0 Å². The van der Waals surface area contributed by atoms with Crippen molar-refractivity contribution in [2.75, 3.05) is 19.7 Å². The number of piperidine rings is 1. The highest BCUT2D eigenvalue weighted by Crippen LogP contribution is 2.36. The zero-order valence-electron chi connectivity index (χ0n) is 12.3. The second kappa shape index (κ2) is 5.37. The number of rotatable bonds is 1. The zero-order chi connectivity index (χ0) is 15.2. The lowest BCUT2D eigenvalue weighted by atomic mass is 9.83. The van der Waals surface area contributed by atoms with Crippen LogP contribution in [-0.2, 0) is 4.74 Å². The van der Waals surface area contributed by atoms with Crippen molar-refractivity contribution >= 4 is 27.5 Å². The van der Waals surface area contributed by atoms with E-state index < -0.39 is 0 Å². The number of aliphatic hydroxyl groups excluding tert-OH is 1. The van der Waals surface area contributed by atoms with E-state index in [0.717, 1.165) is 34.4 Å². The van der Waals surface area contributed by atoms with Gasteiger partial charge in [-0.2, -0.15) is 0 Å². The molecule has 0 aliphatic carbocycles. The summed E-state index contributed by atoms with van der Waals surface area (Å²) < 4.78 is 12.3. The number of ether oxygens (including phenoxy) is 1. The molecule has 1 atom stereocenters. The number of nitrogens with zero attached hydrogens (tertiary/aromatic N) is 1. The first-order chi connectivity index (χ1) is 10.7. The SMILES string of the molecule is O=C(c1cc2occc2s1)N1CCC2(CC1)CC(O)CCO2. The van der Waals surface area contributed by atoms with Crippen molar-refractivity contribution < 1.29 is 19.1 Å². The monoisotopic (exact) mass is 321 g/mol. The van der Waals surface area contributed by atoms with E-state index in [1.807, 2.05) is 17.0 Å². The Morgan fingerprint density at radius 1 is 1.41 bits per heavy atom. The second-order valence-electron chi connectivity index (χ2n) is 6.23. The molecule has 2 aliphatic heterocycles. The second-order valence-corrected chi connectivity index (χ2v) is 7.31. The number of amides is 1. The molecule has 2 fully saturated rings. The zero-order valence-corrected chi connectivity index (χ0v) is 13.1. The first-order valence-corrected chi connectivity index (χ1v) is 8.55. The molecule has 1 N–H and O–H groups in total. The minimum absolute atomic E-state index is 0.0719. The van der Waals surface area contributed by atoms with Gasteiger partial charge < -0.3 is 19.2 Å². The van der Waals surface area contributed by atoms with Crippen molar-refractivity contribution in [3.05, 3.63) is 23.3 Å². The van der Waals surface area contributed by atoms with Crippen molar-refractivity contribution in [2.24, 2.45) is 0 Å². The van der Waals surface area contributed by atoms with Crippen LogP contribution in [0.15, 0.2) is 22.8 Å². The minimum Gasteiger partial charge on any atom is -0.463 e. The lowest BCUT2D eigenvalue weighted by Crippen LogP contribution is -2.51. The van der Waals surface area contributed by atoms with E-state index in [1.165, 1.54) is 11.3 Å². The number of furan rings is 1. The minimum atomic E-state index is -0.264. The summed E-state index contributed by atoms with van der Waals surface area (Å²) in [6.07, 6.45) is 4.40. The standard InChI is InChI=1S/C16H19NO4S/c18-11-1-8-21-16(10-11)3-5-17(6-4-16)15(19)14-9-12-13(22-14)2-7-20-12/h2,7,9,11,18H,1,3-6,8,10H2. The highest BCUT2D eigenvalue weighted by atomic mass is 32.1. The third-order valence-electron chi connectivity index (χ3n) is 4.78. The highest BCUT2D eigenvalue weighted by molar-refractivity contribution is 7.20. The predicted molar refractivity (Wildman–Crippen MR) is 83.2 cm³/mol. The average Bonchev–Trinajstić information content (AvgIpc) is 3.08. The average molecular weight is 321 g/mol. The fourth-order valence-electron chi connectivity index (χ4n) is 3.49. The summed E-state index contributed by atoms with van der Waals surface area (Å²) in [7, 11) is 0. The number of carbonyl (C=O) groups excluding carboxylic acids is 1. The van der Waals surface area contributed by atoms with E-state index in [4.69, 9.17) is 9.15 Å². The molecular formula is C16H19NO4S. The Bertz CT molecular complexity index is 655. The van der Waals surface area contributed by atoms with E-state index >= 15 is 0 Å². The molecule has 0 radical (unpaired) electrons. The summed E-state index contributed by atoms with van der Waals surface area (Å²) in [5, 5.41) is 9.87. The van der Waals surface area contributed by atoms with Gasteiger partial charge in [-0.05, 0) is 25.3 Å².